The fourth-order valence-electron chi connectivity index (χ4n) is 9.24. The Morgan fingerprint density at radius 2 is 0.780 bits per heavy atom. The van der Waals surface area contributed by atoms with Gasteiger partial charge in [0.25, 0.3) is 0 Å². The summed E-state index contributed by atoms with van der Waals surface area (Å²) in [6, 6.07) is 42.4. The Morgan fingerprint density at radius 3 is 1.16 bits per heavy atom. The number of fused-ring (bicyclic) bond motifs is 12. The van der Waals surface area contributed by atoms with Crippen molar-refractivity contribution in [2.45, 2.75) is 65.2 Å². The van der Waals surface area contributed by atoms with Crippen LogP contribution in [0.5, 0.6) is 0 Å². The van der Waals surface area contributed by atoms with Crippen molar-refractivity contribution < 1.29 is 0 Å². The van der Waals surface area contributed by atoms with Crippen molar-refractivity contribution in [1.29, 1.82) is 0 Å². The molecule has 0 aliphatic carbocycles. The fourth-order valence-corrected chi connectivity index (χ4v) is 9.24. The Kier molecular flexibility index (Phi) is 5.27. The number of rotatable bonds is 0. The zero-order valence-corrected chi connectivity index (χ0v) is 29.7. The highest BCUT2D eigenvalue weighted by molar-refractivity contribution is 6.17. The molecule has 2 heteroatoms. The molecule has 0 spiro atoms. The minimum absolute atomic E-state index is 0.0557. The van der Waals surface area contributed by atoms with Crippen LogP contribution in [0.1, 0.15) is 74.9 Å². The van der Waals surface area contributed by atoms with E-state index >= 15 is 0 Å². The summed E-state index contributed by atoms with van der Waals surface area (Å²) in [7, 11) is 0. The molecular formula is C48H40N2. The van der Waals surface area contributed by atoms with Crippen molar-refractivity contribution in [2.75, 3.05) is 0 Å². The summed E-state index contributed by atoms with van der Waals surface area (Å²) < 4.78 is 5.21. The van der Waals surface area contributed by atoms with Gasteiger partial charge in [-0.3, -0.25) is 0 Å². The average Bonchev–Trinajstić information content (AvgIpc) is 3.58. The molecule has 0 saturated heterocycles. The van der Waals surface area contributed by atoms with Crippen molar-refractivity contribution in [3.63, 3.8) is 0 Å². The Balaban J connectivity index is 1.25. The van der Waals surface area contributed by atoms with Crippen LogP contribution in [-0.4, -0.2) is 9.13 Å². The number of nitrogens with zero attached hydrogens (tertiary/aromatic N) is 2. The van der Waals surface area contributed by atoms with E-state index in [4.69, 9.17) is 0 Å². The van der Waals surface area contributed by atoms with Gasteiger partial charge in [-0.05, 0) is 114 Å². The maximum absolute atomic E-state index is 2.61. The molecule has 0 radical (unpaired) electrons. The van der Waals surface area contributed by atoms with E-state index in [1.807, 2.05) is 0 Å². The van der Waals surface area contributed by atoms with E-state index in [0.29, 0.717) is 0 Å². The molecule has 2 aliphatic heterocycles. The summed E-state index contributed by atoms with van der Waals surface area (Å²) in [5.41, 5.74) is 16.6. The molecule has 0 amide bonds. The van der Waals surface area contributed by atoms with Crippen LogP contribution in [0.25, 0.3) is 76.5 Å². The van der Waals surface area contributed by atoms with Crippen LogP contribution >= 0.6 is 0 Å². The van der Waals surface area contributed by atoms with Crippen molar-refractivity contribution in [2.24, 2.45) is 0 Å². The van der Waals surface area contributed by atoms with E-state index in [1.54, 1.807) is 0 Å². The number of hydrogen-bond acceptors (Lipinski definition) is 0. The first-order chi connectivity index (χ1) is 24.0. The second kappa shape index (κ2) is 9.25. The normalized spacial score (nSPS) is 14.0. The zero-order chi connectivity index (χ0) is 33.8. The third-order valence-corrected chi connectivity index (χ3v) is 11.9. The molecule has 4 heterocycles. The summed E-state index contributed by atoms with van der Waals surface area (Å²) in [4.78, 5) is 0. The van der Waals surface area contributed by atoms with Gasteiger partial charge in [0.1, 0.15) is 0 Å². The Hall–Kier alpha value is -5.34. The van der Waals surface area contributed by atoms with Gasteiger partial charge in [0.2, 0.25) is 0 Å². The Morgan fingerprint density at radius 1 is 0.400 bits per heavy atom. The molecule has 2 aromatic heterocycles. The van der Waals surface area contributed by atoms with E-state index in [-0.39, 0.29) is 10.8 Å². The van der Waals surface area contributed by atoms with E-state index in [1.165, 1.54) is 110 Å². The first kappa shape index (κ1) is 28.5. The van der Waals surface area contributed by atoms with Crippen LogP contribution < -0.4 is 0 Å². The number of aromatic nitrogens is 2. The highest BCUT2D eigenvalue weighted by Gasteiger charge is 2.31. The van der Waals surface area contributed by atoms with Crippen LogP contribution in [-0.2, 0) is 23.7 Å². The van der Waals surface area contributed by atoms with Crippen LogP contribution in [0.2, 0.25) is 0 Å². The average molecular weight is 645 g/mol. The van der Waals surface area contributed by atoms with Crippen LogP contribution in [0.15, 0.2) is 109 Å². The SMILES string of the molecule is CC(C)(C)c1cc2c3c(c1)c1cc4ccccc4cc1n3-c1cc3c(cc1C2)-n1c2cc4ccccc4cc2c2cc(C(C)(C)C)cc(c21)C3. The van der Waals surface area contributed by atoms with Gasteiger partial charge in [0.15, 0.2) is 0 Å². The lowest BCUT2D eigenvalue weighted by atomic mass is 9.82. The first-order valence-corrected chi connectivity index (χ1v) is 18.2. The Labute approximate surface area is 292 Å². The van der Waals surface area contributed by atoms with E-state index in [9.17, 15) is 0 Å². The van der Waals surface area contributed by atoms with Gasteiger partial charge in [0.05, 0.1) is 33.4 Å². The van der Waals surface area contributed by atoms with E-state index < -0.39 is 0 Å². The van der Waals surface area contributed by atoms with Gasteiger partial charge < -0.3 is 9.13 Å². The highest BCUT2D eigenvalue weighted by Crippen LogP contribution is 2.47. The predicted octanol–water partition coefficient (Wildman–Crippen LogP) is 12.6. The lowest BCUT2D eigenvalue weighted by molar-refractivity contribution is 0.590. The number of benzene rings is 7. The largest absolute Gasteiger partial charge is 0.309 e. The smallest absolute Gasteiger partial charge is 0.0576 e. The molecule has 2 aliphatic rings. The third-order valence-electron chi connectivity index (χ3n) is 11.9. The molecule has 11 rings (SSSR count). The molecule has 0 bridgehead atoms. The Bertz CT molecular complexity index is 2780. The summed E-state index contributed by atoms with van der Waals surface area (Å²) in [6.07, 6.45) is 1.86. The molecule has 0 N–H and O–H groups in total. The molecule has 0 fully saturated rings. The summed E-state index contributed by atoms with van der Waals surface area (Å²) in [5, 5.41) is 10.6. The van der Waals surface area contributed by atoms with Crippen molar-refractivity contribution in [3.8, 4) is 11.4 Å². The molecular weight excluding hydrogens is 605 g/mol. The topological polar surface area (TPSA) is 9.86 Å². The van der Waals surface area contributed by atoms with Gasteiger partial charge in [-0.25, -0.2) is 0 Å². The van der Waals surface area contributed by atoms with Crippen LogP contribution in [0.4, 0.5) is 0 Å². The fraction of sp³-hybridized carbons (Fsp3) is 0.208. The first-order valence-electron chi connectivity index (χ1n) is 18.2. The van der Waals surface area contributed by atoms with Crippen molar-refractivity contribution >= 4 is 65.2 Å². The van der Waals surface area contributed by atoms with Gasteiger partial charge in [0, 0.05) is 34.4 Å². The van der Waals surface area contributed by atoms with E-state index in [0.717, 1.165) is 12.8 Å². The van der Waals surface area contributed by atoms with Crippen molar-refractivity contribution in [1.82, 2.24) is 9.13 Å². The second-order valence-electron chi connectivity index (χ2n) is 17.1. The molecule has 50 heavy (non-hydrogen) atoms. The minimum Gasteiger partial charge on any atom is -0.309 e. The lowest BCUT2D eigenvalue weighted by Crippen LogP contribution is -2.17. The third kappa shape index (κ3) is 3.74. The van der Waals surface area contributed by atoms with Gasteiger partial charge in [-0.2, -0.15) is 0 Å². The zero-order valence-electron chi connectivity index (χ0n) is 29.7. The second-order valence-corrected chi connectivity index (χ2v) is 17.1. The summed E-state index contributed by atoms with van der Waals surface area (Å²) in [6.45, 7) is 14.1. The monoisotopic (exact) mass is 644 g/mol. The highest BCUT2D eigenvalue weighted by atomic mass is 15.0. The van der Waals surface area contributed by atoms with Crippen molar-refractivity contribution in [3.05, 3.63) is 143 Å². The van der Waals surface area contributed by atoms with Gasteiger partial charge in [-0.1, -0.05) is 102 Å². The number of hydrogen-bond donors (Lipinski definition) is 0. The summed E-state index contributed by atoms with van der Waals surface area (Å²) >= 11 is 0. The maximum atomic E-state index is 2.61. The van der Waals surface area contributed by atoms with Crippen LogP contribution in [0.3, 0.4) is 0 Å². The molecule has 242 valence electrons. The maximum Gasteiger partial charge on any atom is 0.0576 e. The minimum atomic E-state index is 0.0557. The molecule has 0 unspecified atom stereocenters. The molecule has 0 atom stereocenters. The molecule has 9 aromatic rings. The van der Waals surface area contributed by atoms with E-state index in [2.05, 4.69) is 160 Å². The van der Waals surface area contributed by atoms with Gasteiger partial charge in [-0.15, -0.1) is 0 Å². The molecule has 7 aromatic carbocycles. The summed E-state index contributed by atoms with van der Waals surface area (Å²) in [5.74, 6) is 0. The molecule has 2 nitrogen and oxygen atoms in total. The molecule has 0 saturated carbocycles. The predicted molar refractivity (Wildman–Crippen MR) is 213 cm³/mol. The standard InChI is InChI=1S/C48H40N2/c1-47(2,3)35-17-33-15-31-23-42-32(24-41(31)49-43-21-29-13-9-7-11-27(29)19-37(43)39(25-35)45(33)49)16-34-18-36(48(4,5)6)26-40-38-20-28-12-8-10-14-30(28)22-44(38)50(42)46(34)40/h7-14,17-26H,15-16H2,1-6H3. The van der Waals surface area contributed by atoms with Crippen LogP contribution in [0, 0.1) is 0 Å². The van der Waals surface area contributed by atoms with Gasteiger partial charge >= 0.3 is 0 Å². The lowest BCUT2D eigenvalue weighted by Gasteiger charge is -2.29. The quantitative estimate of drug-likeness (QED) is 0.155.